The second-order valence-electron chi connectivity index (χ2n) is 3.32. The van der Waals surface area contributed by atoms with Crippen LogP contribution in [0.2, 0.25) is 0 Å². The Balaban J connectivity index is 2.57. The van der Waals surface area contributed by atoms with Crippen molar-refractivity contribution in [1.29, 1.82) is 0 Å². The van der Waals surface area contributed by atoms with Gasteiger partial charge in [0.15, 0.2) is 6.29 Å². The van der Waals surface area contributed by atoms with Crippen molar-refractivity contribution in [3.05, 3.63) is 0 Å². The van der Waals surface area contributed by atoms with Gasteiger partial charge in [0.05, 0.1) is 6.61 Å². The predicted octanol–water partition coefficient (Wildman–Crippen LogP) is -3.10. The average molecular weight is 260 g/mol. The summed E-state index contributed by atoms with van der Waals surface area (Å²) in [5.74, 6) is 0. The summed E-state index contributed by atoms with van der Waals surface area (Å²) in [5, 5.41) is 36.7. The van der Waals surface area contributed by atoms with Gasteiger partial charge in [-0.3, -0.25) is 4.52 Å². The third kappa shape index (κ3) is 3.45. The molecule has 0 aromatic rings. The van der Waals surface area contributed by atoms with Gasteiger partial charge in [-0.2, -0.15) is 0 Å². The maximum Gasteiger partial charge on any atom is 0.469 e. The number of hydrogen-bond donors (Lipinski definition) is 6. The minimum atomic E-state index is -4.73. The number of ether oxygens (including phenoxy) is 1. The average Bonchev–Trinajstić information content (AvgIpc) is 2.17. The van der Waals surface area contributed by atoms with Gasteiger partial charge in [-0.25, -0.2) is 4.57 Å². The van der Waals surface area contributed by atoms with Crippen LogP contribution in [0.3, 0.4) is 0 Å². The highest BCUT2D eigenvalue weighted by atomic mass is 31.2. The van der Waals surface area contributed by atoms with E-state index in [4.69, 9.17) is 20.0 Å². The molecule has 1 aliphatic heterocycles. The summed E-state index contributed by atoms with van der Waals surface area (Å²) < 4.78 is 19.0. The maximum absolute atomic E-state index is 10.4. The van der Waals surface area contributed by atoms with Gasteiger partial charge in [0, 0.05) is 0 Å². The van der Waals surface area contributed by atoms with E-state index in [0.29, 0.717) is 0 Å². The van der Waals surface area contributed by atoms with Crippen molar-refractivity contribution in [2.24, 2.45) is 0 Å². The molecule has 96 valence electrons. The number of aliphatic hydroxyl groups excluding tert-OH is 4. The topological polar surface area (TPSA) is 157 Å². The number of rotatable bonds is 3. The van der Waals surface area contributed by atoms with E-state index in [-0.39, 0.29) is 0 Å². The molecule has 0 bridgehead atoms. The Kier molecular flexibility index (Phi) is 4.41. The number of phosphoric ester groups is 1. The molecule has 0 spiro atoms. The summed E-state index contributed by atoms with van der Waals surface area (Å²) in [4.78, 5) is 16.8. The normalized spacial score (nSPS) is 41.0. The summed E-state index contributed by atoms with van der Waals surface area (Å²) in [6.45, 7) is -0.730. The van der Waals surface area contributed by atoms with E-state index in [9.17, 15) is 14.8 Å². The van der Waals surface area contributed by atoms with Crippen LogP contribution in [-0.4, -0.2) is 67.5 Å². The maximum atomic E-state index is 10.4. The molecule has 9 nitrogen and oxygen atoms in total. The summed E-state index contributed by atoms with van der Waals surface area (Å²) in [6.07, 6.45) is -8.11. The summed E-state index contributed by atoms with van der Waals surface area (Å²) in [7, 11) is -4.73. The molecule has 1 saturated heterocycles. The predicted molar refractivity (Wildman–Crippen MR) is 46.9 cm³/mol. The Morgan fingerprint density at radius 3 is 2.12 bits per heavy atom. The van der Waals surface area contributed by atoms with Gasteiger partial charge in [-0.15, -0.1) is 0 Å². The molecule has 1 fully saturated rings. The van der Waals surface area contributed by atoms with E-state index in [2.05, 4.69) is 9.26 Å². The first kappa shape index (κ1) is 14.0. The van der Waals surface area contributed by atoms with Crippen LogP contribution >= 0.6 is 7.82 Å². The van der Waals surface area contributed by atoms with E-state index < -0.39 is 45.1 Å². The molecule has 1 heterocycles. The van der Waals surface area contributed by atoms with Gasteiger partial charge in [-0.1, -0.05) is 0 Å². The first-order valence-corrected chi connectivity index (χ1v) is 5.83. The summed E-state index contributed by atoms with van der Waals surface area (Å²) >= 11 is 0. The molecule has 0 radical (unpaired) electrons. The van der Waals surface area contributed by atoms with Crippen molar-refractivity contribution >= 4 is 7.82 Å². The molecule has 0 aromatic heterocycles. The molecule has 16 heavy (non-hydrogen) atoms. The van der Waals surface area contributed by atoms with Crippen LogP contribution in [-0.2, 0) is 13.8 Å². The lowest BCUT2D eigenvalue weighted by molar-refractivity contribution is -0.285. The minimum Gasteiger partial charge on any atom is -0.387 e. The van der Waals surface area contributed by atoms with Crippen molar-refractivity contribution in [2.75, 3.05) is 6.61 Å². The molecule has 1 unspecified atom stereocenters. The lowest BCUT2D eigenvalue weighted by Crippen LogP contribution is -2.58. The standard InChI is InChI=1S/C6H13O9P/c7-3-2(1-14-16(11,12)13)15-6(10)5(9)4(3)8/h2-10H,1H2,(H2,11,12,13)/t2-,3-,4+,5-,6?/m0/s1. The number of aliphatic hydroxyl groups is 4. The van der Waals surface area contributed by atoms with Gasteiger partial charge < -0.3 is 34.9 Å². The van der Waals surface area contributed by atoms with Crippen molar-refractivity contribution in [3.63, 3.8) is 0 Å². The van der Waals surface area contributed by atoms with E-state index in [1.165, 1.54) is 0 Å². The highest BCUT2D eigenvalue weighted by Gasteiger charge is 2.43. The highest BCUT2D eigenvalue weighted by molar-refractivity contribution is 7.46. The molecule has 6 N–H and O–H groups in total. The van der Waals surface area contributed by atoms with Crippen LogP contribution in [0.25, 0.3) is 0 Å². The molecular formula is C6H13O9P. The third-order valence-electron chi connectivity index (χ3n) is 2.09. The van der Waals surface area contributed by atoms with Gasteiger partial charge >= 0.3 is 7.82 Å². The van der Waals surface area contributed by atoms with E-state index in [0.717, 1.165) is 0 Å². The Morgan fingerprint density at radius 2 is 1.62 bits per heavy atom. The summed E-state index contributed by atoms with van der Waals surface area (Å²) in [5.41, 5.74) is 0. The SMILES string of the molecule is O=P(O)(O)OC[C@@H]1OC(O)[C@@H](O)[C@H](O)[C@H]1O. The third-order valence-corrected chi connectivity index (χ3v) is 2.58. The molecule has 0 amide bonds. The van der Waals surface area contributed by atoms with Gasteiger partial charge in [0.25, 0.3) is 0 Å². The van der Waals surface area contributed by atoms with Crippen molar-refractivity contribution < 1.29 is 44.0 Å². The molecule has 1 rings (SSSR count). The zero-order chi connectivity index (χ0) is 12.5. The second-order valence-corrected chi connectivity index (χ2v) is 4.56. The van der Waals surface area contributed by atoms with Crippen molar-refractivity contribution in [3.8, 4) is 0 Å². The molecule has 0 aromatic carbocycles. The smallest absolute Gasteiger partial charge is 0.387 e. The van der Waals surface area contributed by atoms with E-state index in [1.54, 1.807) is 0 Å². The van der Waals surface area contributed by atoms with E-state index >= 15 is 0 Å². The zero-order valence-corrected chi connectivity index (χ0v) is 8.84. The molecule has 0 aliphatic carbocycles. The van der Waals surface area contributed by atoms with Crippen LogP contribution in [0.5, 0.6) is 0 Å². The molecule has 0 saturated carbocycles. The van der Waals surface area contributed by atoms with Crippen molar-refractivity contribution in [1.82, 2.24) is 0 Å². The summed E-state index contributed by atoms with van der Waals surface area (Å²) in [6, 6.07) is 0. The Bertz CT molecular complexity index is 277. The largest absolute Gasteiger partial charge is 0.469 e. The Hall–Kier alpha value is -0.0900. The molecule has 10 heteroatoms. The fourth-order valence-electron chi connectivity index (χ4n) is 1.24. The monoisotopic (exact) mass is 260 g/mol. The molecule has 1 aliphatic rings. The fourth-order valence-corrected chi connectivity index (χ4v) is 1.58. The Morgan fingerprint density at radius 1 is 1.06 bits per heavy atom. The zero-order valence-electron chi connectivity index (χ0n) is 7.95. The Labute approximate surface area is 90.1 Å². The van der Waals surface area contributed by atoms with Crippen LogP contribution in [0, 0.1) is 0 Å². The number of phosphoric acid groups is 1. The van der Waals surface area contributed by atoms with E-state index in [1.807, 2.05) is 0 Å². The molecule has 5 atom stereocenters. The fraction of sp³-hybridized carbons (Fsp3) is 1.00. The quantitative estimate of drug-likeness (QED) is 0.289. The first-order chi connectivity index (χ1) is 7.22. The second kappa shape index (κ2) is 5.05. The lowest BCUT2D eigenvalue weighted by Gasteiger charge is -2.38. The highest BCUT2D eigenvalue weighted by Crippen LogP contribution is 2.36. The van der Waals surface area contributed by atoms with Crippen molar-refractivity contribution in [2.45, 2.75) is 30.7 Å². The van der Waals surface area contributed by atoms with Gasteiger partial charge in [0.1, 0.15) is 24.4 Å². The lowest BCUT2D eigenvalue weighted by atomic mass is 10.00. The van der Waals surface area contributed by atoms with Crippen LogP contribution in [0.15, 0.2) is 0 Å². The van der Waals surface area contributed by atoms with Crippen LogP contribution in [0.4, 0.5) is 0 Å². The van der Waals surface area contributed by atoms with Crippen LogP contribution in [0.1, 0.15) is 0 Å². The van der Waals surface area contributed by atoms with Gasteiger partial charge in [0.2, 0.25) is 0 Å². The van der Waals surface area contributed by atoms with Crippen LogP contribution < -0.4 is 0 Å². The van der Waals surface area contributed by atoms with Gasteiger partial charge in [-0.05, 0) is 0 Å². The minimum absolute atomic E-state index is 0.730. The first-order valence-electron chi connectivity index (χ1n) is 4.30. The molecular weight excluding hydrogens is 247 g/mol. The number of hydrogen-bond acceptors (Lipinski definition) is 7.